The second-order valence-electron chi connectivity index (χ2n) is 12.4. The van der Waals surface area contributed by atoms with E-state index < -0.39 is 11.5 Å². The molecule has 1 aromatic carbocycles. The van der Waals surface area contributed by atoms with Crippen molar-refractivity contribution < 1.29 is 19.1 Å². The van der Waals surface area contributed by atoms with Gasteiger partial charge in [-0.05, 0) is 67.2 Å². The van der Waals surface area contributed by atoms with Crippen molar-refractivity contribution in [1.29, 1.82) is 0 Å². The Morgan fingerprint density at radius 2 is 1.93 bits per heavy atom. The smallest absolute Gasteiger partial charge is 0.255 e. The maximum absolute atomic E-state index is 12.8. The summed E-state index contributed by atoms with van der Waals surface area (Å²) in [6.45, 7) is 3.17. The number of pyridine rings is 2. The third kappa shape index (κ3) is 7.00. The van der Waals surface area contributed by atoms with Crippen LogP contribution in [0.25, 0.3) is 22.2 Å². The number of nitrogens with zero attached hydrogens (tertiary/aromatic N) is 5. The van der Waals surface area contributed by atoms with Gasteiger partial charge in [-0.25, -0.2) is 4.98 Å². The number of benzene rings is 1. The number of ether oxygens (including phenoxy) is 1. The molecule has 5 rings (SSSR count). The summed E-state index contributed by atoms with van der Waals surface area (Å²) in [6, 6.07) is 13.9. The second-order valence-corrected chi connectivity index (χ2v) is 12.4. The summed E-state index contributed by atoms with van der Waals surface area (Å²) in [5.74, 6) is 0.0781. The van der Waals surface area contributed by atoms with Crippen LogP contribution >= 0.6 is 0 Å². The lowest BCUT2D eigenvalue weighted by Gasteiger charge is -2.49. The molecule has 0 saturated heterocycles. The number of hydrogen-bond acceptors (Lipinski definition) is 7. The number of carbonyl (C=O) groups excluding carboxylic acids is 1. The van der Waals surface area contributed by atoms with Crippen molar-refractivity contribution in [2.24, 2.45) is 11.7 Å². The van der Waals surface area contributed by atoms with E-state index in [0.717, 1.165) is 59.1 Å². The zero-order valence-electron chi connectivity index (χ0n) is 25.4. The van der Waals surface area contributed by atoms with Gasteiger partial charge in [0.05, 0.1) is 26.0 Å². The Morgan fingerprint density at radius 3 is 2.65 bits per heavy atom. The highest BCUT2D eigenvalue weighted by Gasteiger charge is 2.54. The first kappa shape index (κ1) is 30.5. The fourth-order valence-corrected chi connectivity index (χ4v) is 6.49. The molecular weight excluding hydrogens is 540 g/mol. The Bertz CT molecular complexity index is 1530. The molecule has 0 radical (unpaired) electrons. The molecule has 0 bridgehead atoms. The Morgan fingerprint density at radius 1 is 1.09 bits per heavy atom. The van der Waals surface area contributed by atoms with Crippen molar-refractivity contribution in [3.8, 4) is 17.3 Å². The number of aliphatic hydroxyl groups is 1. The molecule has 1 aliphatic carbocycles. The van der Waals surface area contributed by atoms with Crippen molar-refractivity contribution in [3.63, 3.8) is 0 Å². The normalized spacial score (nSPS) is 20.7. The van der Waals surface area contributed by atoms with Crippen LogP contribution in [0.4, 0.5) is 0 Å². The van der Waals surface area contributed by atoms with E-state index in [4.69, 9.17) is 15.5 Å². The first-order valence-electron chi connectivity index (χ1n) is 15.3. The number of fused-ring (bicyclic) bond motifs is 1. The zero-order chi connectivity index (χ0) is 30.5. The predicted octanol–water partition coefficient (Wildman–Crippen LogP) is 4.51. The molecule has 9 heteroatoms. The number of carbonyl (C=O) groups is 1. The van der Waals surface area contributed by atoms with E-state index >= 15 is 0 Å². The Labute approximate surface area is 253 Å². The molecule has 3 N–H and O–H groups in total. The third-order valence-electron chi connectivity index (χ3n) is 8.90. The minimum Gasteiger partial charge on any atom is -0.471 e. The lowest BCUT2D eigenvalue weighted by molar-refractivity contribution is -0.922. The van der Waals surface area contributed by atoms with Crippen molar-refractivity contribution in [3.05, 3.63) is 78.5 Å². The Kier molecular flexibility index (Phi) is 9.32. The van der Waals surface area contributed by atoms with E-state index in [0.29, 0.717) is 42.8 Å². The van der Waals surface area contributed by atoms with Gasteiger partial charge in [-0.1, -0.05) is 37.6 Å². The van der Waals surface area contributed by atoms with E-state index in [1.54, 1.807) is 18.6 Å². The number of rotatable bonds is 12. The molecule has 0 spiro atoms. The van der Waals surface area contributed by atoms with Crippen LogP contribution in [0.3, 0.4) is 0 Å². The zero-order valence-corrected chi connectivity index (χ0v) is 25.4. The Balaban J connectivity index is 1.24. The second kappa shape index (κ2) is 13.1. The monoisotopic (exact) mass is 583 g/mol. The van der Waals surface area contributed by atoms with Crippen LogP contribution in [0.1, 0.15) is 50.3 Å². The van der Waals surface area contributed by atoms with Crippen LogP contribution in [-0.2, 0) is 17.6 Å². The van der Waals surface area contributed by atoms with Crippen molar-refractivity contribution in [2.75, 3.05) is 27.2 Å². The maximum Gasteiger partial charge on any atom is 0.255 e. The number of primary amides is 1. The fourth-order valence-electron chi connectivity index (χ4n) is 6.49. The molecular formula is C34H43N6O3+. The van der Waals surface area contributed by atoms with E-state index in [-0.39, 0.29) is 12.0 Å². The number of nitrogens with two attached hydrogens (primary N) is 1. The number of quaternary nitrogens is 1. The minimum absolute atomic E-state index is 0.107. The van der Waals surface area contributed by atoms with Gasteiger partial charge in [0, 0.05) is 36.1 Å². The molecule has 1 aliphatic rings. The SMILES string of the molecule is CCCCc1cc2ccccc2c(OCC[N+](C)(C)[C@H]2CCC(Cc3ccc(-c4cnccn4)nc3)C[C@@]2(O)C(N)=O)n1. The van der Waals surface area contributed by atoms with Gasteiger partial charge in [-0.15, -0.1) is 0 Å². The van der Waals surface area contributed by atoms with Gasteiger partial charge in [-0.2, -0.15) is 0 Å². The molecule has 1 amide bonds. The van der Waals surface area contributed by atoms with Crippen LogP contribution in [0.15, 0.2) is 67.3 Å². The third-order valence-corrected chi connectivity index (χ3v) is 8.90. The summed E-state index contributed by atoms with van der Waals surface area (Å²) in [4.78, 5) is 30.6. The predicted molar refractivity (Wildman–Crippen MR) is 167 cm³/mol. The van der Waals surface area contributed by atoms with Gasteiger partial charge >= 0.3 is 0 Å². The molecule has 3 aromatic heterocycles. The molecule has 3 heterocycles. The minimum atomic E-state index is -1.62. The summed E-state index contributed by atoms with van der Waals surface area (Å²) in [7, 11) is 4.08. The fraction of sp³-hybridized carbons (Fsp3) is 0.441. The molecule has 9 nitrogen and oxygen atoms in total. The lowest BCUT2D eigenvalue weighted by atomic mass is 9.71. The molecule has 226 valence electrons. The number of aromatic nitrogens is 4. The van der Waals surface area contributed by atoms with E-state index in [2.05, 4.69) is 34.0 Å². The number of hydrogen-bond donors (Lipinski definition) is 2. The lowest BCUT2D eigenvalue weighted by Crippen LogP contribution is -2.68. The van der Waals surface area contributed by atoms with Crippen LogP contribution in [0, 0.1) is 5.92 Å². The van der Waals surface area contributed by atoms with E-state index in [1.165, 1.54) is 0 Å². The summed E-state index contributed by atoms with van der Waals surface area (Å²) < 4.78 is 6.71. The summed E-state index contributed by atoms with van der Waals surface area (Å²) in [5.41, 5.74) is 7.83. The highest BCUT2D eigenvalue weighted by atomic mass is 16.5. The standard InChI is InChI=1S/C34H42N6O3/c1-4-5-9-27-20-26-8-6-7-10-28(26)32(39-27)43-18-17-40(2,3)31-14-12-24(21-34(31,42)33(35)41)19-25-11-13-29(38-22-25)30-23-36-15-16-37-30/h6-8,10-11,13,15-16,20,22-24,31,42H,4-5,9,12,14,17-19,21H2,1-3H3,(H-,35,41)/p+1/t24?,31-,34-/m0/s1. The highest BCUT2D eigenvalue weighted by molar-refractivity contribution is 5.87. The summed E-state index contributed by atoms with van der Waals surface area (Å²) >= 11 is 0. The first-order chi connectivity index (χ1) is 20.7. The van der Waals surface area contributed by atoms with Crippen LogP contribution < -0.4 is 10.5 Å². The largest absolute Gasteiger partial charge is 0.471 e. The highest BCUT2D eigenvalue weighted by Crippen LogP contribution is 2.39. The molecule has 3 atom stereocenters. The van der Waals surface area contributed by atoms with E-state index in [1.807, 2.05) is 50.6 Å². The van der Waals surface area contributed by atoms with Crippen LogP contribution in [-0.4, -0.2) is 74.3 Å². The first-order valence-corrected chi connectivity index (χ1v) is 15.3. The molecule has 4 aromatic rings. The average Bonchev–Trinajstić information content (AvgIpc) is 3.00. The number of unbranched alkanes of at least 4 members (excludes halogenated alkanes) is 1. The molecule has 1 unspecified atom stereocenters. The van der Waals surface area contributed by atoms with Crippen LogP contribution in [0.5, 0.6) is 5.88 Å². The van der Waals surface area contributed by atoms with Crippen molar-refractivity contribution in [1.82, 2.24) is 19.9 Å². The molecule has 43 heavy (non-hydrogen) atoms. The Hall–Kier alpha value is -3.95. The van der Waals surface area contributed by atoms with Crippen molar-refractivity contribution in [2.45, 2.75) is 63.5 Å². The van der Waals surface area contributed by atoms with Crippen molar-refractivity contribution >= 4 is 16.7 Å². The summed E-state index contributed by atoms with van der Waals surface area (Å²) in [5, 5.41) is 13.9. The van der Waals surface area contributed by atoms with Gasteiger partial charge in [0.15, 0.2) is 5.60 Å². The topological polar surface area (TPSA) is 124 Å². The van der Waals surface area contributed by atoms with Gasteiger partial charge in [0.1, 0.15) is 24.9 Å². The van der Waals surface area contributed by atoms with E-state index in [9.17, 15) is 9.90 Å². The van der Waals surface area contributed by atoms with Gasteiger partial charge in [0.2, 0.25) is 5.88 Å². The van der Waals surface area contributed by atoms with Gasteiger partial charge in [-0.3, -0.25) is 19.7 Å². The maximum atomic E-state index is 12.8. The summed E-state index contributed by atoms with van der Waals surface area (Å²) in [6.07, 6.45) is 12.5. The molecule has 1 fully saturated rings. The number of aryl methyl sites for hydroxylation is 1. The molecule has 0 aliphatic heterocycles. The van der Waals surface area contributed by atoms with Gasteiger partial charge < -0.3 is 20.1 Å². The van der Waals surface area contributed by atoms with Gasteiger partial charge in [0.25, 0.3) is 5.91 Å². The van der Waals surface area contributed by atoms with Crippen LogP contribution in [0.2, 0.25) is 0 Å². The quantitative estimate of drug-likeness (QED) is 0.235. The molecule has 1 saturated carbocycles. The number of amides is 1. The average molecular weight is 584 g/mol. The number of likely N-dealkylation sites (N-methyl/N-ethyl adjacent to an activating group) is 1.